The van der Waals surface area contributed by atoms with Crippen molar-refractivity contribution >= 4 is 16.9 Å². The fourth-order valence-electron chi connectivity index (χ4n) is 1.02. The van der Waals surface area contributed by atoms with Gasteiger partial charge in [-0.3, -0.25) is 10.1 Å². The predicted molar refractivity (Wildman–Crippen MR) is 41.4 cm³/mol. The monoisotopic (exact) mass is 181 g/mol. The van der Waals surface area contributed by atoms with Crippen molar-refractivity contribution in [2.75, 3.05) is 0 Å². The summed E-state index contributed by atoms with van der Waals surface area (Å²) in [5.41, 5.74) is -0.319. The molecule has 0 aliphatic carbocycles. The highest BCUT2D eigenvalue weighted by molar-refractivity contribution is 5.79. The summed E-state index contributed by atoms with van der Waals surface area (Å²) in [7, 11) is 0. The Hall–Kier alpha value is -2.11. The van der Waals surface area contributed by atoms with Crippen molar-refractivity contribution in [1.82, 2.24) is 0 Å². The molecule has 0 fully saturated rings. The molecule has 1 aromatic heterocycles. The summed E-state index contributed by atoms with van der Waals surface area (Å²) in [6, 6.07) is 4.08. The minimum absolute atomic E-state index is 0.0826. The molecule has 0 amide bonds. The van der Waals surface area contributed by atoms with E-state index in [0.717, 1.165) is 0 Å². The Morgan fingerprint density at radius 3 is 2.77 bits per heavy atom. The maximum Gasteiger partial charge on any atom is 0.519 e. The minimum atomic E-state index is -0.940. The molecule has 0 bridgehead atoms. The molecule has 0 aliphatic heterocycles. The maximum absolute atomic E-state index is 10.6. The number of para-hydroxylation sites is 1. The van der Waals surface area contributed by atoms with Gasteiger partial charge in [-0.1, -0.05) is 6.07 Å². The zero-order valence-corrected chi connectivity index (χ0v) is 6.22. The number of nitro benzene ring substituents is 1. The van der Waals surface area contributed by atoms with Crippen LogP contribution in [0.15, 0.2) is 31.8 Å². The Bertz CT molecular complexity index is 523. The van der Waals surface area contributed by atoms with Crippen molar-refractivity contribution in [2.24, 2.45) is 0 Å². The van der Waals surface area contributed by atoms with E-state index in [9.17, 15) is 14.9 Å². The molecule has 6 nitrogen and oxygen atoms in total. The quantitative estimate of drug-likeness (QED) is 0.488. The first kappa shape index (κ1) is 7.53. The third-order valence-electron chi connectivity index (χ3n) is 1.53. The van der Waals surface area contributed by atoms with Gasteiger partial charge in [0.2, 0.25) is 0 Å². The molecule has 13 heavy (non-hydrogen) atoms. The van der Waals surface area contributed by atoms with Crippen molar-refractivity contribution in [2.45, 2.75) is 0 Å². The molecule has 0 saturated heterocycles. The summed E-state index contributed by atoms with van der Waals surface area (Å²) in [6.07, 6.45) is 0. The van der Waals surface area contributed by atoms with Gasteiger partial charge in [-0.2, -0.15) is 0 Å². The highest BCUT2D eigenvalue weighted by atomic mass is 16.6. The Morgan fingerprint density at radius 1 is 1.31 bits per heavy atom. The first-order valence-electron chi connectivity index (χ1n) is 3.35. The summed E-state index contributed by atoms with van der Waals surface area (Å²) in [4.78, 5) is 20.4. The van der Waals surface area contributed by atoms with Crippen molar-refractivity contribution in [3.8, 4) is 0 Å². The fourth-order valence-corrected chi connectivity index (χ4v) is 1.02. The number of hydrogen-bond donors (Lipinski definition) is 0. The van der Waals surface area contributed by atoms with Crippen LogP contribution < -0.4 is 5.82 Å². The Morgan fingerprint density at radius 2 is 2.08 bits per heavy atom. The van der Waals surface area contributed by atoms with Crippen LogP contribution in [-0.2, 0) is 0 Å². The van der Waals surface area contributed by atoms with E-state index in [0.29, 0.717) is 0 Å². The van der Waals surface area contributed by atoms with Crippen molar-refractivity contribution < 1.29 is 13.8 Å². The van der Waals surface area contributed by atoms with E-state index in [1.807, 2.05) is 0 Å². The third kappa shape index (κ3) is 1.08. The number of benzene rings is 1. The van der Waals surface area contributed by atoms with Crippen molar-refractivity contribution in [3.63, 3.8) is 0 Å². The van der Waals surface area contributed by atoms with E-state index >= 15 is 0 Å². The Balaban J connectivity index is 2.90. The van der Waals surface area contributed by atoms with Gasteiger partial charge >= 0.3 is 11.5 Å². The molecule has 1 heterocycles. The molecule has 0 radical (unpaired) electrons. The van der Waals surface area contributed by atoms with Crippen molar-refractivity contribution in [1.29, 1.82) is 0 Å². The first-order chi connectivity index (χ1) is 6.18. The van der Waals surface area contributed by atoms with Crippen LogP contribution in [-0.4, -0.2) is 4.92 Å². The molecule has 0 N–H and O–H groups in total. The van der Waals surface area contributed by atoms with E-state index in [4.69, 9.17) is 0 Å². The fraction of sp³-hybridized carbons (Fsp3) is 0. The highest BCUT2D eigenvalue weighted by Crippen LogP contribution is 2.23. The molecule has 6 heteroatoms. The van der Waals surface area contributed by atoms with E-state index in [1.165, 1.54) is 18.2 Å². The summed E-state index contributed by atoms with van der Waals surface area (Å²) in [5, 5.41) is 10.4. The summed E-state index contributed by atoms with van der Waals surface area (Å²) in [6.45, 7) is 0. The number of nitrogens with zero attached hydrogens (tertiary/aromatic N) is 1. The van der Waals surface area contributed by atoms with Crippen LogP contribution in [0.2, 0.25) is 0 Å². The summed E-state index contributed by atoms with van der Waals surface area (Å²) >= 11 is 0. The number of nitro groups is 1. The number of non-ortho nitro benzene ring substituents is 1. The number of hydrogen-bond acceptors (Lipinski definition) is 5. The topological polar surface area (TPSA) is 86.5 Å². The van der Waals surface area contributed by atoms with Crippen LogP contribution in [0, 0.1) is 10.1 Å². The molecule has 0 spiro atoms. The van der Waals surface area contributed by atoms with Crippen LogP contribution >= 0.6 is 0 Å². The second kappa shape index (κ2) is 2.44. The second-order valence-electron chi connectivity index (χ2n) is 2.32. The highest BCUT2D eigenvalue weighted by Gasteiger charge is 2.16. The van der Waals surface area contributed by atoms with Crippen LogP contribution in [0.5, 0.6) is 0 Å². The van der Waals surface area contributed by atoms with Gasteiger partial charge in [-0.15, -0.1) is 0 Å². The van der Waals surface area contributed by atoms with Gasteiger partial charge in [-0.25, -0.2) is 4.79 Å². The average molecular weight is 181 g/mol. The lowest BCUT2D eigenvalue weighted by molar-refractivity contribution is -0.383. The van der Waals surface area contributed by atoms with Gasteiger partial charge in [0, 0.05) is 6.07 Å². The molecule has 0 atom stereocenters. The normalized spacial score (nSPS) is 10.5. The molecule has 0 saturated carbocycles. The lowest BCUT2D eigenvalue weighted by Crippen LogP contribution is -1.88. The number of fused-ring (bicyclic) bond motifs is 1. The smallest absolute Gasteiger partial charge is 0.390 e. The molecule has 0 aliphatic rings. The van der Waals surface area contributed by atoms with Gasteiger partial charge in [0.1, 0.15) is 0 Å². The predicted octanol–water partition coefficient (Wildman–Crippen LogP) is 1.29. The minimum Gasteiger partial charge on any atom is -0.390 e. The molecule has 2 aromatic rings. The largest absolute Gasteiger partial charge is 0.519 e. The molecule has 2 rings (SSSR count). The van der Waals surface area contributed by atoms with Gasteiger partial charge in [0.05, 0.1) is 4.92 Å². The maximum atomic E-state index is 10.6. The lowest BCUT2D eigenvalue weighted by Gasteiger charge is -1.88. The second-order valence-corrected chi connectivity index (χ2v) is 2.32. The van der Waals surface area contributed by atoms with Crippen LogP contribution in [0.3, 0.4) is 0 Å². The average Bonchev–Trinajstić information content (AvgIpc) is 2.43. The van der Waals surface area contributed by atoms with Crippen LogP contribution in [0.25, 0.3) is 11.2 Å². The van der Waals surface area contributed by atoms with Crippen LogP contribution in [0.4, 0.5) is 5.69 Å². The lowest BCUT2D eigenvalue weighted by atomic mass is 10.3. The zero-order valence-electron chi connectivity index (χ0n) is 6.22. The van der Waals surface area contributed by atoms with Gasteiger partial charge in [0.15, 0.2) is 5.58 Å². The molecule has 1 aromatic carbocycles. The van der Waals surface area contributed by atoms with Crippen molar-refractivity contribution in [3.05, 3.63) is 38.9 Å². The van der Waals surface area contributed by atoms with E-state index in [2.05, 4.69) is 8.83 Å². The first-order valence-corrected chi connectivity index (χ1v) is 3.35. The SMILES string of the molecule is O=c1oc2cccc([N+](=O)[O-])c2o1. The Labute approximate surface area is 70.5 Å². The van der Waals surface area contributed by atoms with Gasteiger partial charge < -0.3 is 8.83 Å². The molecular formula is C7H3NO5. The van der Waals surface area contributed by atoms with Gasteiger partial charge in [-0.05, 0) is 6.07 Å². The summed E-state index contributed by atoms with van der Waals surface area (Å²) < 4.78 is 9.03. The number of rotatable bonds is 1. The van der Waals surface area contributed by atoms with E-state index < -0.39 is 10.7 Å². The van der Waals surface area contributed by atoms with Gasteiger partial charge in [0.25, 0.3) is 5.58 Å². The third-order valence-corrected chi connectivity index (χ3v) is 1.53. The summed E-state index contributed by atoms with van der Waals surface area (Å²) in [5.74, 6) is -0.940. The van der Waals surface area contributed by atoms with E-state index in [-0.39, 0.29) is 16.9 Å². The standard InChI is InChI=1S/C7H3NO5/c9-7-12-5-3-1-2-4(8(10)11)6(5)13-7/h1-3H. The Kier molecular flexibility index (Phi) is 1.42. The zero-order chi connectivity index (χ0) is 9.42. The van der Waals surface area contributed by atoms with E-state index in [1.54, 1.807) is 0 Å². The molecule has 66 valence electrons. The van der Waals surface area contributed by atoms with Crippen LogP contribution in [0.1, 0.15) is 0 Å². The molecular weight excluding hydrogens is 178 g/mol. The molecule has 0 unspecified atom stereocenters.